The normalized spacial score (nSPS) is 12.6. The molecule has 0 saturated heterocycles. The van der Waals surface area contributed by atoms with Crippen LogP contribution in [0.3, 0.4) is 0 Å². The highest BCUT2D eigenvalue weighted by Crippen LogP contribution is 2.30. The van der Waals surface area contributed by atoms with Crippen molar-refractivity contribution in [1.82, 2.24) is 0 Å². The van der Waals surface area contributed by atoms with Gasteiger partial charge in [-0.3, -0.25) is 0 Å². The first-order valence-corrected chi connectivity index (χ1v) is 7.92. The zero-order chi connectivity index (χ0) is 15.0. The van der Waals surface area contributed by atoms with Gasteiger partial charge in [-0.1, -0.05) is 33.6 Å². The van der Waals surface area contributed by atoms with Crippen molar-refractivity contribution in [3.05, 3.63) is 63.3 Å². The number of halogens is 2. The molecule has 4 heteroatoms. The first-order chi connectivity index (χ1) is 10.0. The van der Waals surface area contributed by atoms with Crippen molar-refractivity contribution >= 4 is 44.2 Å². The second-order valence-corrected chi connectivity index (χ2v) is 6.43. The molecule has 2 aromatic carbocycles. The quantitative estimate of drug-likeness (QED) is 0.587. The van der Waals surface area contributed by atoms with Crippen LogP contribution in [-0.2, 0) is 0 Å². The number of rotatable bonds is 3. The van der Waals surface area contributed by atoms with Crippen molar-refractivity contribution in [2.24, 2.45) is 0 Å². The van der Waals surface area contributed by atoms with E-state index in [-0.39, 0.29) is 6.04 Å². The van der Waals surface area contributed by atoms with Gasteiger partial charge in [0.05, 0.1) is 6.04 Å². The van der Waals surface area contributed by atoms with E-state index in [2.05, 4.69) is 40.3 Å². The van der Waals surface area contributed by atoms with Gasteiger partial charge in [-0.2, -0.15) is 0 Å². The molecule has 1 aromatic heterocycles. The maximum atomic E-state index is 6.16. The van der Waals surface area contributed by atoms with Crippen LogP contribution in [0.15, 0.2) is 51.4 Å². The van der Waals surface area contributed by atoms with E-state index in [1.165, 1.54) is 0 Å². The predicted octanol–water partition coefficient (Wildman–Crippen LogP) is 6.33. The Balaban J connectivity index is 1.89. The average molecular weight is 365 g/mol. The van der Waals surface area contributed by atoms with Crippen LogP contribution < -0.4 is 5.32 Å². The number of hydrogen-bond acceptors (Lipinski definition) is 2. The summed E-state index contributed by atoms with van der Waals surface area (Å²) >= 11 is 9.63. The Hall–Kier alpha value is -1.45. The lowest BCUT2D eigenvalue weighted by molar-refractivity contribution is 0.526. The van der Waals surface area contributed by atoms with Gasteiger partial charge >= 0.3 is 0 Å². The number of furan rings is 1. The van der Waals surface area contributed by atoms with Crippen LogP contribution in [0.4, 0.5) is 5.69 Å². The second-order valence-electron chi connectivity index (χ2n) is 5.11. The van der Waals surface area contributed by atoms with E-state index < -0.39 is 0 Å². The molecule has 3 rings (SSSR count). The summed E-state index contributed by atoms with van der Waals surface area (Å²) in [6.45, 7) is 4.08. The van der Waals surface area contributed by atoms with Gasteiger partial charge in [0.25, 0.3) is 0 Å². The van der Waals surface area contributed by atoms with Gasteiger partial charge in [0.2, 0.25) is 0 Å². The van der Waals surface area contributed by atoms with Crippen molar-refractivity contribution in [3.8, 4) is 0 Å². The van der Waals surface area contributed by atoms with Gasteiger partial charge in [-0.05, 0) is 55.8 Å². The fourth-order valence-corrected chi connectivity index (χ4v) is 2.87. The highest BCUT2D eigenvalue weighted by molar-refractivity contribution is 9.10. The van der Waals surface area contributed by atoms with Crippen LogP contribution in [0.1, 0.15) is 24.3 Å². The van der Waals surface area contributed by atoms with Crippen molar-refractivity contribution in [3.63, 3.8) is 0 Å². The Morgan fingerprint density at radius 2 is 2.00 bits per heavy atom. The Bertz CT molecular complexity index is 797. The summed E-state index contributed by atoms with van der Waals surface area (Å²) in [4.78, 5) is 0. The van der Waals surface area contributed by atoms with Crippen LogP contribution in [0.5, 0.6) is 0 Å². The van der Waals surface area contributed by atoms with Crippen LogP contribution in [-0.4, -0.2) is 0 Å². The Kier molecular flexibility index (Phi) is 3.96. The molecule has 0 saturated carbocycles. The maximum Gasteiger partial charge on any atom is 0.134 e. The van der Waals surface area contributed by atoms with Crippen LogP contribution in [0.25, 0.3) is 11.0 Å². The zero-order valence-electron chi connectivity index (χ0n) is 11.8. The van der Waals surface area contributed by atoms with Crippen LogP contribution >= 0.6 is 27.5 Å². The minimum atomic E-state index is 0.0633. The zero-order valence-corrected chi connectivity index (χ0v) is 14.1. The first-order valence-electron chi connectivity index (χ1n) is 6.75. The molecule has 0 spiro atoms. The highest BCUT2D eigenvalue weighted by Gasteiger charge is 2.13. The molecule has 0 fully saturated rings. The van der Waals surface area contributed by atoms with E-state index in [0.717, 1.165) is 37.5 Å². The topological polar surface area (TPSA) is 25.2 Å². The summed E-state index contributed by atoms with van der Waals surface area (Å²) in [5, 5.41) is 5.31. The molecule has 1 N–H and O–H groups in total. The standard InChI is InChI=1S/C17H15BrClNO/c1-10-14(19)4-3-5-15(10)20-11(2)17-9-12-8-13(18)6-7-16(12)21-17/h3-9,11,20H,1-2H3. The van der Waals surface area contributed by atoms with Gasteiger partial charge in [0, 0.05) is 20.6 Å². The van der Waals surface area contributed by atoms with Gasteiger partial charge < -0.3 is 9.73 Å². The van der Waals surface area contributed by atoms with E-state index >= 15 is 0 Å². The summed E-state index contributed by atoms with van der Waals surface area (Å²) in [5.41, 5.74) is 2.96. The number of benzene rings is 2. The lowest BCUT2D eigenvalue weighted by Gasteiger charge is -2.15. The van der Waals surface area contributed by atoms with Gasteiger partial charge in [0.1, 0.15) is 11.3 Å². The van der Waals surface area contributed by atoms with E-state index in [0.29, 0.717) is 0 Å². The summed E-state index contributed by atoms with van der Waals surface area (Å²) < 4.78 is 6.96. The third-order valence-electron chi connectivity index (χ3n) is 3.56. The molecular formula is C17H15BrClNO. The van der Waals surface area contributed by atoms with Crippen molar-refractivity contribution in [2.75, 3.05) is 5.32 Å². The van der Waals surface area contributed by atoms with Gasteiger partial charge in [-0.15, -0.1) is 0 Å². The van der Waals surface area contributed by atoms with Crippen molar-refractivity contribution in [1.29, 1.82) is 0 Å². The average Bonchev–Trinajstić information content (AvgIpc) is 2.87. The number of anilines is 1. The fraction of sp³-hybridized carbons (Fsp3) is 0.176. The summed E-state index contributed by atoms with van der Waals surface area (Å²) in [5.74, 6) is 0.905. The third-order valence-corrected chi connectivity index (χ3v) is 4.47. The fourth-order valence-electron chi connectivity index (χ4n) is 2.32. The first kappa shape index (κ1) is 14.5. The number of fused-ring (bicyclic) bond motifs is 1. The molecule has 0 aliphatic carbocycles. The summed E-state index contributed by atoms with van der Waals surface area (Å²) in [7, 11) is 0. The number of hydrogen-bond donors (Lipinski definition) is 1. The molecule has 21 heavy (non-hydrogen) atoms. The lowest BCUT2D eigenvalue weighted by Crippen LogP contribution is -2.06. The van der Waals surface area contributed by atoms with Gasteiger partial charge in [0.15, 0.2) is 0 Å². The van der Waals surface area contributed by atoms with Crippen LogP contribution in [0, 0.1) is 6.92 Å². The smallest absolute Gasteiger partial charge is 0.134 e. The predicted molar refractivity (Wildman–Crippen MR) is 92.1 cm³/mol. The monoisotopic (exact) mass is 363 g/mol. The molecule has 1 atom stereocenters. The van der Waals surface area contributed by atoms with Gasteiger partial charge in [-0.25, -0.2) is 0 Å². The molecule has 0 bridgehead atoms. The molecular weight excluding hydrogens is 350 g/mol. The third kappa shape index (κ3) is 2.94. The molecule has 0 aliphatic rings. The highest BCUT2D eigenvalue weighted by atomic mass is 79.9. The SMILES string of the molecule is Cc1c(Cl)cccc1NC(C)c1cc2cc(Br)ccc2o1. The molecule has 0 amide bonds. The molecule has 1 unspecified atom stereocenters. The Morgan fingerprint density at radius 3 is 2.81 bits per heavy atom. The lowest BCUT2D eigenvalue weighted by atomic mass is 10.1. The minimum absolute atomic E-state index is 0.0633. The molecule has 108 valence electrons. The van der Waals surface area contributed by atoms with E-state index in [9.17, 15) is 0 Å². The molecule has 2 nitrogen and oxygen atoms in total. The van der Waals surface area contributed by atoms with Crippen molar-refractivity contribution in [2.45, 2.75) is 19.9 Å². The summed E-state index contributed by atoms with van der Waals surface area (Å²) in [6, 6.07) is 14.0. The maximum absolute atomic E-state index is 6.16. The summed E-state index contributed by atoms with van der Waals surface area (Å²) in [6.07, 6.45) is 0. The minimum Gasteiger partial charge on any atom is -0.459 e. The Morgan fingerprint density at radius 1 is 1.19 bits per heavy atom. The van der Waals surface area contributed by atoms with E-state index in [1.54, 1.807) is 0 Å². The molecule has 1 heterocycles. The molecule has 0 radical (unpaired) electrons. The van der Waals surface area contributed by atoms with E-state index in [1.807, 2.05) is 37.3 Å². The number of nitrogens with one attached hydrogen (secondary N) is 1. The Labute approximate surface area is 137 Å². The van der Waals surface area contributed by atoms with Crippen molar-refractivity contribution < 1.29 is 4.42 Å². The molecule has 0 aliphatic heterocycles. The van der Waals surface area contributed by atoms with Crippen LogP contribution in [0.2, 0.25) is 5.02 Å². The largest absolute Gasteiger partial charge is 0.459 e. The molecule has 3 aromatic rings. The van der Waals surface area contributed by atoms with E-state index in [4.69, 9.17) is 16.0 Å². The second kappa shape index (κ2) is 5.74.